The van der Waals surface area contributed by atoms with E-state index in [1.54, 1.807) is 7.11 Å². The summed E-state index contributed by atoms with van der Waals surface area (Å²) in [6.45, 7) is 6.56. The molecule has 0 spiro atoms. The molecule has 0 amide bonds. The van der Waals surface area contributed by atoms with Crippen molar-refractivity contribution in [2.45, 2.75) is 32.7 Å². The Labute approximate surface area is 118 Å². The van der Waals surface area contributed by atoms with Gasteiger partial charge in [-0.2, -0.15) is 0 Å². The van der Waals surface area contributed by atoms with Crippen molar-refractivity contribution in [2.75, 3.05) is 33.8 Å². The van der Waals surface area contributed by atoms with Crippen molar-refractivity contribution in [2.24, 2.45) is 0 Å². The predicted molar refractivity (Wildman–Crippen MR) is 81.7 cm³/mol. The zero-order valence-corrected chi connectivity index (χ0v) is 12.6. The van der Waals surface area contributed by atoms with Gasteiger partial charge in [-0.25, -0.2) is 0 Å². The summed E-state index contributed by atoms with van der Waals surface area (Å²) < 4.78 is 5.17. The monoisotopic (exact) mass is 264 g/mol. The number of methoxy groups -OCH3 is 1. The molecule has 0 saturated carbocycles. The largest absolute Gasteiger partial charge is 0.497 e. The first kappa shape index (κ1) is 16.0. The molecular formula is C16H28N2O. The third kappa shape index (κ3) is 7.19. The second kappa shape index (κ2) is 9.82. The summed E-state index contributed by atoms with van der Waals surface area (Å²) in [5.74, 6) is 0.926. The standard InChI is InChI=1S/C16H28N2O/c1-4-17-12-6-5-7-13-18(2)14-15-8-10-16(19-3)11-9-15/h8-11,17H,4-7,12-14H2,1-3H3. The topological polar surface area (TPSA) is 24.5 Å². The Kier molecular flexibility index (Phi) is 8.26. The molecule has 0 radical (unpaired) electrons. The number of unbranched alkanes of at least 4 members (excludes halogenated alkanes) is 2. The van der Waals surface area contributed by atoms with Crippen LogP contribution in [0, 0.1) is 0 Å². The van der Waals surface area contributed by atoms with Crippen LogP contribution < -0.4 is 10.1 Å². The van der Waals surface area contributed by atoms with Crippen LogP contribution in [0.15, 0.2) is 24.3 Å². The summed E-state index contributed by atoms with van der Waals surface area (Å²) in [5, 5.41) is 3.36. The Balaban J connectivity index is 2.14. The van der Waals surface area contributed by atoms with E-state index in [0.717, 1.165) is 31.9 Å². The predicted octanol–water partition coefficient (Wildman–Crippen LogP) is 2.91. The van der Waals surface area contributed by atoms with Gasteiger partial charge in [-0.1, -0.05) is 25.5 Å². The Morgan fingerprint density at radius 2 is 1.84 bits per heavy atom. The molecule has 3 heteroatoms. The molecule has 0 aliphatic rings. The summed E-state index contributed by atoms with van der Waals surface area (Å²) in [4.78, 5) is 2.38. The summed E-state index contributed by atoms with van der Waals surface area (Å²) in [6.07, 6.45) is 3.86. The van der Waals surface area contributed by atoms with Gasteiger partial charge in [0.2, 0.25) is 0 Å². The Morgan fingerprint density at radius 3 is 2.47 bits per heavy atom. The fourth-order valence-corrected chi connectivity index (χ4v) is 2.11. The molecule has 0 atom stereocenters. The average molecular weight is 264 g/mol. The van der Waals surface area contributed by atoms with Gasteiger partial charge in [-0.3, -0.25) is 0 Å². The maximum atomic E-state index is 5.17. The van der Waals surface area contributed by atoms with Gasteiger partial charge in [0.25, 0.3) is 0 Å². The van der Waals surface area contributed by atoms with E-state index in [4.69, 9.17) is 4.74 Å². The number of nitrogens with zero attached hydrogens (tertiary/aromatic N) is 1. The van der Waals surface area contributed by atoms with E-state index in [9.17, 15) is 0 Å². The highest BCUT2D eigenvalue weighted by Gasteiger charge is 2.00. The van der Waals surface area contributed by atoms with E-state index < -0.39 is 0 Å². The Hall–Kier alpha value is -1.06. The zero-order valence-electron chi connectivity index (χ0n) is 12.6. The van der Waals surface area contributed by atoms with Crippen molar-refractivity contribution in [1.29, 1.82) is 0 Å². The molecule has 19 heavy (non-hydrogen) atoms. The Morgan fingerprint density at radius 1 is 1.11 bits per heavy atom. The lowest BCUT2D eigenvalue weighted by Crippen LogP contribution is -2.19. The molecular weight excluding hydrogens is 236 g/mol. The van der Waals surface area contributed by atoms with E-state index in [2.05, 4.69) is 36.3 Å². The van der Waals surface area contributed by atoms with Crippen molar-refractivity contribution in [3.05, 3.63) is 29.8 Å². The van der Waals surface area contributed by atoms with Gasteiger partial charge in [-0.15, -0.1) is 0 Å². The van der Waals surface area contributed by atoms with Crippen LogP contribution in [0.5, 0.6) is 5.75 Å². The highest BCUT2D eigenvalue weighted by Crippen LogP contribution is 2.12. The molecule has 1 N–H and O–H groups in total. The van der Waals surface area contributed by atoms with Crippen LogP contribution in [0.4, 0.5) is 0 Å². The lowest BCUT2D eigenvalue weighted by atomic mass is 10.2. The molecule has 0 fully saturated rings. The molecule has 1 rings (SSSR count). The van der Waals surface area contributed by atoms with Crippen LogP contribution in [0.2, 0.25) is 0 Å². The summed E-state index contributed by atoms with van der Waals surface area (Å²) in [7, 11) is 3.89. The quantitative estimate of drug-likeness (QED) is 0.658. The molecule has 1 aromatic carbocycles. The van der Waals surface area contributed by atoms with Crippen LogP contribution in [0.25, 0.3) is 0 Å². The number of nitrogens with one attached hydrogen (secondary N) is 1. The molecule has 1 aromatic rings. The van der Waals surface area contributed by atoms with Crippen molar-refractivity contribution in [1.82, 2.24) is 10.2 Å². The van der Waals surface area contributed by atoms with Gasteiger partial charge in [0, 0.05) is 6.54 Å². The maximum Gasteiger partial charge on any atom is 0.118 e. The third-order valence-electron chi connectivity index (χ3n) is 3.25. The number of benzene rings is 1. The molecule has 0 aromatic heterocycles. The molecule has 0 aliphatic carbocycles. The average Bonchev–Trinajstić information content (AvgIpc) is 2.43. The van der Waals surface area contributed by atoms with Crippen LogP contribution in [-0.4, -0.2) is 38.7 Å². The lowest BCUT2D eigenvalue weighted by Gasteiger charge is -2.16. The van der Waals surface area contributed by atoms with E-state index in [-0.39, 0.29) is 0 Å². The number of rotatable bonds is 10. The molecule has 0 unspecified atom stereocenters. The molecule has 108 valence electrons. The van der Waals surface area contributed by atoms with Crippen LogP contribution in [0.3, 0.4) is 0 Å². The molecule has 0 heterocycles. The van der Waals surface area contributed by atoms with E-state index >= 15 is 0 Å². The van der Waals surface area contributed by atoms with Gasteiger partial charge in [0.15, 0.2) is 0 Å². The minimum atomic E-state index is 0.926. The van der Waals surface area contributed by atoms with E-state index in [0.29, 0.717) is 0 Å². The lowest BCUT2D eigenvalue weighted by molar-refractivity contribution is 0.317. The first-order valence-electron chi connectivity index (χ1n) is 7.28. The summed E-state index contributed by atoms with van der Waals surface area (Å²) >= 11 is 0. The van der Waals surface area contributed by atoms with Gasteiger partial charge >= 0.3 is 0 Å². The van der Waals surface area contributed by atoms with Gasteiger partial charge in [0.05, 0.1) is 7.11 Å². The fraction of sp³-hybridized carbons (Fsp3) is 0.625. The first-order chi connectivity index (χ1) is 9.26. The zero-order chi connectivity index (χ0) is 13.9. The molecule has 0 saturated heterocycles. The van der Waals surface area contributed by atoms with Crippen molar-refractivity contribution in [3.63, 3.8) is 0 Å². The highest BCUT2D eigenvalue weighted by molar-refractivity contribution is 5.26. The highest BCUT2D eigenvalue weighted by atomic mass is 16.5. The van der Waals surface area contributed by atoms with Crippen LogP contribution in [-0.2, 0) is 6.54 Å². The molecule has 0 bridgehead atoms. The van der Waals surface area contributed by atoms with Gasteiger partial charge < -0.3 is 15.0 Å². The van der Waals surface area contributed by atoms with Crippen molar-refractivity contribution >= 4 is 0 Å². The second-order valence-electron chi connectivity index (χ2n) is 5.00. The van der Waals surface area contributed by atoms with Crippen LogP contribution in [0.1, 0.15) is 31.7 Å². The normalized spacial score (nSPS) is 10.9. The SMILES string of the molecule is CCNCCCCCN(C)Cc1ccc(OC)cc1. The van der Waals surface area contributed by atoms with Gasteiger partial charge in [-0.05, 0) is 57.2 Å². The summed E-state index contributed by atoms with van der Waals surface area (Å²) in [5.41, 5.74) is 1.34. The van der Waals surface area contributed by atoms with Crippen molar-refractivity contribution < 1.29 is 4.74 Å². The number of hydrogen-bond acceptors (Lipinski definition) is 3. The number of ether oxygens (including phenoxy) is 1. The summed E-state index contributed by atoms with van der Waals surface area (Å²) in [6, 6.07) is 8.33. The first-order valence-corrected chi connectivity index (χ1v) is 7.28. The second-order valence-corrected chi connectivity index (χ2v) is 5.00. The minimum Gasteiger partial charge on any atom is -0.497 e. The Bertz CT molecular complexity index is 324. The number of hydrogen-bond donors (Lipinski definition) is 1. The van der Waals surface area contributed by atoms with Crippen molar-refractivity contribution in [3.8, 4) is 5.75 Å². The van der Waals surface area contributed by atoms with E-state index in [1.807, 2.05) is 12.1 Å². The fourth-order valence-electron chi connectivity index (χ4n) is 2.11. The van der Waals surface area contributed by atoms with Crippen LogP contribution >= 0.6 is 0 Å². The van der Waals surface area contributed by atoms with Gasteiger partial charge in [0.1, 0.15) is 5.75 Å². The maximum absolute atomic E-state index is 5.17. The van der Waals surface area contributed by atoms with E-state index in [1.165, 1.54) is 24.8 Å². The minimum absolute atomic E-state index is 0.926. The smallest absolute Gasteiger partial charge is 0.118 e. The molecule has 3 nitrogen and oxygen atoms in total. The molecule has 0 aliphatic heterocycles. The third-order valence-corrected chi connectivity index (χ3v) is 3.25.